The number of pyridine rings is 1. The maximum Gasteiger partial charge on any atom is 0.418 e. The minimum Gasteiger partial charge on any atom is -0.349 e. The van der Waals surface area contributed by atoms with Crippen LogP contribution in [0.1, 0.15) is 16.7 Å². The SMILES string of the molecule is Cc1ccc(CN2CCN(C(=O)Nc3ccccc3C(F)(F)F)c3cccnc32)cc1. The Morgan fingerprint density at radius 3 is 2.52 bits per heavy atom. The minimum absolute atomic E-state index is 0.271. The Morgan fingerprint density at radius 1 is 1.03 bits per heavy atom. The molecule has 1 aromatic heterocycles. The number of carbonyl (C=O) groups excluding carboxylic acids is 1. The molecule has 1 aliphatic heterocycles. The molecule has 2 amide bonds. The van der Waals surface area contributed by atoms with E-state index in [-0.39, 0.29) is 5.69 Å². The van der Waals surface area contributed by atoms with Gasteiger partial charge in [0.05, 0.1) is 16.9 Å². The molecule has 31 heavy (non-hydrogen) atoms. The number of hydrogen-bond acceptors (Lipinski definition) is 3. The minimum atomic E-state index is -4.56. The zero-order chi connectivity index (χ0) is 22.0. The van der Waals surface area contributed by atoms with E-state index in [1.807, 2.05) is 31.2 Å². The number of hydrogen-bond donors (Lipinski definition) is 1. The van der Waals surface area contributed by atoms with Crippen LogP contribution in [0, 0.1) is 6.92 Å². The van der Waals surface area contributed by atoms with E-state index in [1.54, 1.807) is 18.3 Å². The summed E-state index contributed by atoms with van der Waals surface area (Å²) in [7, 11) is 0. The number of para-hydroxylation sites is 1. The summed E-state index contributed by atoms with van der Waals surface area (Å²) in [6, 6.07) is 15.9. The van der Waals surface area contributed by atoms with Gasteiger partial charge in [0, 0.05) is 25.8 Å². The average molecular weight is 426 g/mol. The van der Waals surface area contributed by atoms with Gasteiger partial charge in [0.25, 0.3) is 0 Å². The van der Waals surface area contributed by atoms with Crippen LogP contribution in [-0.2, 0) is 12.7 Å². The van der Waals surface area contributed by atoms with Crippen molar-refractivity contribution in [2.24, 2.45) is 0 Å². The lowest BCUT2D eigenvalue weighted by Crippen LogP contribution is -2.46. The van der Waals surface area contributed by atoms with Crippen LogP contribution in [0.3, 0.4) is 0 Å². The molecule has 0 fully saturated rings. The van der Waals surface area contributed by atoms with Crippen LogP contribution in [0.25, 0.3) is 0 Å². The van der Waals surface area contributed by atoms with E-state index in [0.29, 0.717) is 31.1 Å². The predicted molar refractivity (Wildman–Crippen MR) is 114 cm³/mol. The molecule has 8 heteroatoms. The van der Waals surface area contributed by atoms with E-state index in [1.165, 1.54) is 28.7 Å². The lowest BCUT2D eigenvalue weighted by Gasteiger charge is -2.36. The number of carbonyl (C=O) groups is 1. The van der Waals surface area contributed by atoms with Crippen molar-refractivity contribution in [3.05, 3.63) is 83.6 Å². The number of amides is 2. The Bertz CT molecular complexity index is 1080. The van der Waals surface area contributed by atoms with E-state index in [0.717, 1.165) is 11.6 Å². The van der Waals surface area contributed by atoms with Crippen LogP contribution in [0.4, 0.5) is 35.2 Å². The standard InChI is InChI=1S/C23H21F3N4O/c1-16-8-10-17(11-9-16)15-29-13-14-30(20-7-4-12-27-21(20)29)22(31)28-19-6-3-2-5-18(19)23(24,25)26/h2-12H,13-15H2,1H3,(H,28,31). The fourth-order valence-electron chi connectivity index (χ4n) is 3.59. The number of aromatic nitrogens is 1. The number of nitrogens with one attached hydrogen (secondary N) is 1. The molecule has 0 aliphatic carbocycles. The summed E-state index contributed by atoms with van der Waals surface area (Å²) in [5, 5.41) is 2.42. The van der Waals surface area contributed by atoms with Gasteiger partial charge in [0.2, 0.25) is 0 Å². The van der Waals surface area contributed by atoms with Crippen LogP contribution in [0.2, 0.25) is 0 Å². The summed E-state index contributed by atoms with van der Waals surface area (Å²) in [4.78, 5) is 20.8. The molecule has 1 aliphatic rings. The number of halogens is 3. The van der Waals surface area contributed by atoms with Crippen molar-refractivity contribution < 1.29 is 18.0 Å². The topological polar surface area (TPSA) is 48.5 Å². The van der Waals surface area contributed by atoms with Crippen molar-refractivity contribution in [2.75, 3.05) is 28.2 Å². The van der Waals surface area contributed by atoms with Crippen molar-refractivity contribution in [3.8, 4) is 0 Å². The molecule has 0 radical (unpaired) electrons. The van der Waals surface area contributed by atoms with Gasteiger partial charge in [-0.25, -0.2) is 9.78 Å². The number of benzene rings is 2. The maximum atomic E-state index is 13.3. The summed E-state index contributed by atoms with van der Waals surface area (Å²) in [5.74, 6) is 0.619. The molecule has 0 unspecified atom stereocenters. The Labute approximate surface area is 178 Å². The van der Waals surface area contributed by atoms with Crippen LogP contribution in [0.15, 0.2) is 66.9 Å². The van der Waals surface area contributed by atoms with Crippen molar-refractivity contribution >= 4 is 23.2 Å². The molecular weight excluding hydrogens is 405 g/mol. The van der Waals surface area contributed by atoms with Crippen LogP contribution in [0.5, 0.6) is 0 Å². The first-order valence-electron chi connectivity index (χ1n) is 9.83. The van der Waals surface area contributed by atoms with E-state index >= 15 is 0 Å². The average Bonchev–Trinajstić information content (AvgIpc) is 2.75. The molecule has 160 valence electrons. The Morgan fingerprint density at radius 2 is 1.77 bits per heavy atom. The lowest BCUT2D eigenvalue weighted by atomic mass is 10.1. The molecular formula is C23H21F3N4O. The first-order valence-corrected chi connectivity index (χ1v) is 9.83. The number of alkyl halides is 3. The second-order valence-corrected chi connectivity index (χ2v) is 7.38. The van der Waals surface area contributed by atoms with Crippen molar-refractivity contribution in [1.29, 1.82) is 0 Å². The van der Waals surface area contributed by atoms with Gasteiger partial charge < -0.3 is 10.2 Å². The number of aryl methyl sites for hydroxylation is 1. The first kappa shape index (κ1) is 20.7. The molecule has 0 saturated carbocycles. The fraction of sp³-hybridized carbons (Fsp3) is 0.217. The number of anilines is 3. The molecule has 0 bridgehead atoms. The second-order valence-electron chi connectivity index (χ2n) is 7.38. The largest absolute Gasteiger partial charge is 0.418 e. The van der Waals surface area contributed by atoms with Gasteiger partial charge in [-0.15, -0.1) is 0 Å². The normalized spacial score (nSPS) is 13.7. The van der Waals surface area contributed by atoms with Crippen molar-refractivity contribution in [1.82, 2.24) is 4.98 Å². The van der Waals surface area contributed by atoms with E-state index in [2.05, 4.69) is 15.2 Å². The molecule has 0 saturated heterocycles. The molecule has 4 rings (SSSR count). The zero-order valence-corrected chi connectivity index (χ0v) is 16.9. The van der Waals surface area contributed by atoms with Crippen molar-refractivity contribution in [3.63, 3.8) is 0 Å². The Kier molecular flexibility index (Phi) is 5.54. The molecule has 0 spiro atoms. The third-order valence-corrected chi connectivity index (χ3v) is 5.16. The molecule has 5 nitrogen and oxygen atoms in total. The summed E-state index contributed by atoms with van der Waals surface area (Å²) in [5.41, 5.74) is 1.69. The van der Waals surface area contributed by atoms with Crippen LogP contribution < -0.4 is 15.1 Å². The molecule has 2 aromatic carbocycles. The predicted octanol–water partition coefficient (Wildman–Crippen LogP) is 5.47. The third-order valence-electron chi connectivity index (χ3n) is 5.16. The molecule has 0 atom stereocenters. The van der Waals surface area contributed by atoms with Gasteiger partial charge in [0.15, 0.2) is 5.82 Å². The number of fused-ring (bicyclic) bond motifs is 1. The van der Waals surface area contributed by atoms with Gasteiger partial charge in [-0.3, -0.25) is 4.90 Å². The highest BCUT2D eigenvalue weighted by Crippen LogP contribution is 2.36. The fourth-order valence-corrected chi connectivity index (χ4v) is 3.59. The van der Waals surface area contributed by atoms with Crippen molar-refractivity contribution in [2.45, 2.75) is 19.6 Å². The molecule has 1 N–H and O–H groups in total. The summed E-state index contributed by atoms with van der Waals surface area (Å²) in [6.07, 6.45) is -2.92. The summed E-state index contributed by atoms with van der Waals surface area (Å²) in [6.45, 7) is 3.47. The molecule has 2 heterocycles. The summed E-state index contributed by atoms with van der Waals surface area (Å²) >= 11 is 0. The second kappa shape index (κ2) is 8.29. The van der Waals surface area contributed by atoms with E-state index in [9.17, 15) is 18.0 Å². The quantitative estimate of drug-likeness (QED) is 0.604. The highest BCUT2D eigenvalue weighted by Gasteiger charge is 2.35. The van der Waals surface area contributed by atoms with Gasteiger partial charge in [-0.2, -0.15) is 13.2 Å². The van der Waals surface area contributed by atoms with Crippen LogP contribution in [-0.4, -0.2) is 24.1 Å². The lowest BCUT2D eigenvalue weighted by molar-refractivity contribution is -0.136. The zero-order valence-electron chi connectivity index (χ0n) is 16.9. The third kappa shape index (κ3) is 4.47. The van der Waals surface area contributed by atoms with Gasteiger partial charge in [-0.1, -0.05) is 42.0 Å². The van der Waals surface area contributed by atoms with Gasteiger partial charge in [0.1, 0.15) is 0 Å². The smallest absolute Gasteiger partial charge is 0.349 e. The summed E-state index contributed by atoms with van der Waals surface area (Å²) < 4.78 is 39.8. The highest BCUT2D eigenvalue weighted by molar-refractivity contribution is 6.04. The Hall–Kier alpha value is -3.55. The Balaban J connectivity index is 1.57. The van der Waals surface area contributed by atoms with Crippen LogP contribution >= 0.6 is 0 Å². The first-order chi connectivity index (χ1) is 14.8. The maximum absolute atomic E-state index is 13.3. The number of rotatable bonds is 3. The van der Waals surface area contributed by atoms with E-state index < -0.39 is 17.8 Å². The molecule has 3 aromatic rings. The number of urea groups is 1. The van der Waals surface area contributed by atoms with Gasteiger partial charge in [-0.05, 0) is 36.8 Å². The highest BCUT2D eigenvalue weighted by atomic mass is 19.4. The number of nitrogens with zero attached hydrogens (tertiary/aromatic N) is 3. The monoisotopic (exact) mass is 426 g/mol. The van der Waals surface area contributed by atoms with E-state index in [4.69, 9.17) is 0 Å². The van der Waals surface area contributed by atoms with Gasteiger partial charge >= 0.3 is 12.2 Å².